The molecule has 0 radical (unpaired) electrons. The maximum absolute atomic E-state index is 10.9. The molecule has 0 aliphatic rings. The van der Waals surface area contributed by atoms with E-state index in [1.165, 1.54) is 6.92 Å². The lowest BCUT2D eigenvalue weighted by Crippen LogP contribution is -2.18. The van der Waals surface area contributed by atoms with Crippen LogP contribution < -0.4 is 11.5 Å². The molecule has 0 aliphatic carbocycles. The number of ketones is 1. The molecule has 1 aromatic carbocycles. The van der Waals surface area contributed by atoms with Crippen LogP contribution in [0.2, 0.25) is 0 Å². The molecule has 0 spiro atoms. The molecule has 3 heteroatoms. The minimum atomic E-state index is -0.523. The molecule has 64 valence electrons. The quantitative estimate of drug-likeness (QED) is 0.637. The summed E-state index contributed by atoms with van der Waals surface area (Å²) >= 11 is 0. The van der Waals surface area contributed by atoms with Gasteiger partial charge in [0.25, 0.3) is 0 Å². The molecule has 0 fully saturated rings. The van der Waals surface area contributed by atoms with Gasteiger partial charge in [0.2, 0.25) is 0 Å². The summed E-state index contributed by atoms with van der Waals surface area (Å²) in [6.45, 7) is 1.47. The average Bonchev–Trinajstić information content (AvgIpc) is 2.04. The smallest absolute Gasteiger partial charge is 0.150 e. The molecular formula is C9H12N2O. The van der Waals surface area contributed by atoms with Crippen LogP contribution in [0.3, 0.4) is 0 Å². The first-order chi connectivity index (χ1) is 5.61. The van der Waals surface area contributed by atoms with E-state index >= 15 is 0 Å². The zero-order chi connectivity index (χ0) is 9.14. The van der Waals surface area contributed by atoms with E-state index in [9.17, 15) is 4.79 Å². The Morgan fingerprint density at radius 1 is 1.33 bits per heavy atom. The van der Waals surface area contributed by atoms with Crippen molar-refractivity contribution in [3.63, 3.8) is 0 Å². The lowest BCUT2D eigenvalue weighted by Gasteiger charge is -2.07. The van der Waals surface area contributed by atoms with Gasteiger partial charge in [-0.3, -0.25) is 4.79 Å². The second-order valence-electron chi connectivity index (χ2n) is 2.75. The van der Waals surface area contributed by atoms with Crippen LogP contribution in [0.25, 0.3) is 0 Å². The van der Waals surface area contributed by atoms with E-state index in [-0.39, 0.29) is 5.78 Å². The van der Waals surface area contributed by atoms with E-state index in [2.05, 4.69) is 0 Å². The topological polar surface area (TPSA) is 69.1 Å². The Morgan fingerprint density at radius 3 is 2.25 bits per heavy atom. The number of anilines is 1. The van der Waals surface area contributed by atoms with Crippen molar-refractivity contribution in [1.82, 2.24) is 0 Å². The Bertz CT molecular complexity index is 279. The molecule has 0 heterocycles. The summed E-state index contributed by atoms with van der Waals surface area (Å²) in [5.41, 5.74) is 12.6. The Hall–Kier alpha value is -1.35. The maximum atomic E-state index is 10.9. The van der Waals surface area contributed by atoms with Crippen molar-refractivity contribution in [2.24, 2.45) is 5.73 Å². The molecule has 0 bridgehead atoms. The predicted molar refractivity (Wildman–Crippen MR) is 48.5 cm³/mol. The highest BCUT2D eigenvalue weighted by atomic mass is 16.1. The van der Waals surface area contributed by atoms with Gasteiger partial charge in [-0.15, -0.1) is 0 Å². The van der Waals surface area contributed by atoms with Crippen LogP contribution in [0.5, 0.6) is 0 Å². The van der Waals surface area contributed by atoms with Crippen molar-refractivity contribution in [2.45, 2.75) is 13.0 Å². The highest BCUT2D eigenvalue weighted by Crippen LogP contribution is 2.12. The first kappa shape index (κ1) is 8.74. The molecule has 1 rings (SSSR count). The zero-order valence-corrected chi connectivity index (χ0v) is 6.95. The molecule has 0 saturated carbocycles. The summed E-state index contributed by atoms with van der Waals surface area (Å²) < 4.78 is 0. The van der Waals surface area contributed by atoms with E-state index < -0.39 is 6.04 Å². The van der Waals surface area contributed by atoms with Gasteiger partial charge in [0.15, 0.2) is 5.78 Å². The number of hydrogen-bond donors (Lipinski definition) is 2. The monoisotopic (exact) mass is 164 g/mol. The zero-order valence-electron chi connectivity index (χ0n) is 6.95. The maximum Gasteiger partial charge on any atom is 0.150 e. The molecule has 1 atom stereocenters. The minimum absolute atomic E-state index is 0.0419. The van der Waals surface area contributed by atoms with Crippen molar-refractivity contribution in [3.05, 3.63) is 29.8 Å². The number of carbonyl (C=O) groups is 1. The highest BCUT2D eigenvalue weighted by molar-refractivity contribution is 5.82. The number of carbonyl (C=O) groups excluding carboxylic acids is 1. The predicted octanol–water partition coefficient (Wildman–Crippen LogP) is 0.858. The summed E-state index contributed by atoms with van der Waals surface area (Å²) in [5.74, 6) is -0.0419. The van der Waals surface area contributed by atoms with Crippen LogP contribution in [-0.4, -0.2) is 5.78 Å². The average molecular weight is 164 g/mol. The number of rotatable bonds is 2. The van der Waals surface area contributed by atoms with Crippen LogP contribution in [0.4, 0.5) is 5.69 Å². The van der Waals surface area contributed by atoms with Gasteiger partial charge in [0, 0.05) is 5.69 Å². The van der Waals surface area contributed by atoms with Crippen molar-refractivity contribution >= 4 is 11.5 Å². The third-order valence-electron chi connectivity index (χ3n) is 1.73. The van der Waals surface area contributed by atoms with Crippen LogP contribution in [-0.2, 0) is 4.79 Å². The van der Waals surface area contributed by atoms with Crippen LogP contribution in [0.15, 0.2) is 24.3 Å². The second kappa shape index (κ2) is 3.36. The van der Waals surface area contributed by atoms with Crippen molar-refractivity contribution in [1.29, 1.82) is 0 Å². The number of hydrogen-bond acceptors (Lipinski definition) is 3. The summed E-state index contributed by atoms with van der Waals surface area (Å²) in [7, 11) is 0. The fourth-order valence-electron chi connectivity index (χ4n) is 0.938. The molecule has 0 aromatic heterocycles. The molecule has 1 unspecified atom stereocenters. The highest BCUT2D eigenvalue weighted by Gasteiger charge is 2.09. The van der Waals surface area contributed by atoms with E-state index in [0.29, 0.717) is 5.69 Å². The van der Waals surface area contributed by atoms with Gasteiger partial charge in [-0.2, -0.15) is 0 Å². The summed E-state index contributed by atoms with van der Waals surface area (Å²) in [5, 5.41) is 0. The summed E-state index contributed by atoms with van der Waals surface area (Å²) in [6, 6.07) is 6.48. The van der Waals surface area contributed by atoms with Gasteiger partial charge in [0.1, 0.15) is 0 Å². The number of nitrogen functional groups attached to an aromatic ring is 1. The first-order valence-electron chi connectivity index (χ1n) is 3.72. The Balaban J connectivity index is 2.89. The Labute approximate surface area is 71.4 Å². The standard InChI is InChI=1S/C9H12N2O/c1-6(12)9(11)7-2-4-8(10)5-3-7/h2-5,9H,10-11H2,1H3. The lowest BCUT2D eigenvalue weighted by molar-refractivity contribution is -0.118. The van der Waals surface area contributed by atoms with Gasteiger partial charge >= 0.3 is 0 Å². The van der Waals surface area contributed by atoms with Crippen molar-refractivity contribution in [3.8, 4) is 0 Å². The summed E-state index contributed by atoms with van der Waals surface area (Å²) in [4.78, 5) is 10.9. The number of nitrogens with two attached hydrogens (primary N) is 2. The molecule has 0 amide bonds. The summed E-state index contributed by atoms with van der Waals surface area (Å²) in [6.07, 6.45) is 0. The molecule has 4 N–H and O–H groups in total. The minimum Gasteiger partial charge on any atom is -0.399 e. The van der Waals surface area contributed by atoms with Gasteiger partial charge in [-0.1, -0.05) is 12.1 Å². The van der Waals surface area contributed by atoms with Crippen LogP contribution >= 0.6 is 0 Å². The molecule has 0 aliphatic heterocycles. The third kappa shape index (κ3) is 1.83. The SMILES string of the molecule is CC(=O)C(N)c1ccc(N)cc1. The van der Waals surface area contributed by atoms with E-state index in [4.69, 9.17) is 11.5 Å². The van der Waals surface area contributed by atoms with Gasteiger partial charge in [0.05, 0.1) is 6.04 Å². The molecule has 12 heavy (non-hydrogen) atoms. The lowest BCUT2D eigenvalue weighted by atomic mass is 10.0. The molecule has 0 saturated heterocycles. The fourth-order valence-corrected chi connectivity index (χ4v) is 0.938. The van der Waals surface area contributed by atoms with Gasteiger partial charge in [-0.25, -0.2) is 0 Å². The molecule has 3 nitrogen and oxygen atoms in total. The van der Waals surface area contributed by atoms with Gasteiger partial charge in [-0.05, 0) is 24.6 Å². The largest absolute Gasteiger partial charge is 0.399 e. The van der Waals surface area contributed by atoms with E-state index in [1.54, 1.807) is 24.3 Å². The van der Waals surface area contributed by atoms with Gasteiger partial charge < -0.3 is 11.5 Å². The van der Waals surface area contributed by atoms with Crippen molar-refractivity contribution < 1.29 is 4.79 Å². The fraction of sp³-hybridized carbons (Fsp3) is 0.222. The van der Waals surface area contributed by atoms with E-state index in [1.807, 2.05) is 0 Å². The van der Waals surface area contributed by atoms with E-state index in [0.717, 1.165) is 5.56 Å². The normalized spacial score (nSPS) is 12.5. The Kier molecular flexibility index (Phi) is 2.45. The van der Waals surface area contributed by atoms with Crippen LogP contribution in [0.1, 0.15) is 18.5 Å². The Morgan fingerprint density at radius 2 is 1.83 bits per heavy atom. The molecule has 1 aromatic rings. The third-order valence-corrected chi connectivity index (χ3v) is 1.73. The van der Waals surface area contributed by atoms with Crippen molar-refractivity contribution in [2.75, 3.05) is 5.73 Å². The molecular weight excluding hydrogens is 152 g/mol. The first-order valence-corrected chi connectivity index (χ1v) is 3.72. The number of Topliss-reactive ketones (excluding diaryl/α,β-unsaturated/α-hetero) is 1. The second-order valence-corrected chi connectivity index (χ2v) is 2.75. The van der Waals surface area contributed by atoms with Crippen LogP contribution in [0, 0.1) is 0 Å². The number of benzene rings is 1.